The van der Waals surface area contributed by atoms with E-state index in [0.717, 1.165) is 104 Å². The largest absolute Gasteiger partial charge is 0.378 e. The van der Waals surface area contributed by atoms with Crippen LogP contribution in [0.5, 0.6) is 0 Å². The average molecular weight is 581 g/mol. The number of anilines is 3. The summed E-state index contributed by atoms with van der Waals surface area (Å²) < 4.78 is 11.2. The van der Waals surface area contributed by atoms with E-state index in [1.165, 1.54) is 0 Å². The van der Waals surface area contributed by atoms with Crippen molar-refractivity contribution in [1.82, 2.24) is 24.8 Å². The molecule has 0 unspecified atom stereocenters. The van der Waals surface area contributed by atoms with Gasteiger partial charge in [-0.1, -0.05) is 23.9 Å². The minimum absolute atomic E-state index is 0.00793. The molecule has 12 heteroatoms. The zero-order chi connectivity index (χ0) is 28.0. The molecule has 3 fully saturated rings. The molecule has 2 N–H and O–H groups in total. The van der Waals surface area contributed by atoms with E-state index in [2.05, 4.69) is 47.0 Å². The number of pyridine rings is 1. The monoisotopic (exact) mass is 580 g/mol. The van der Waals surface area contributed by atoms with Crippen molar-refractivity contribution >= 4 is 45.9 Å². The number of aromatic nitrogens is 3. The minimum Gasteiger partial charge on any atom is -0.378 e. The third kappa shape index (κ3) is 7.12. The van der Waals surface area contributed by atoms with Crippen molar-refractivity contribution < 1.29 is 14.3 Å². The Morgan fingerprint density at radius 1 is 0.927 bits per heavy atom. The van der Waals surface area contributed by atoms with E-state index in [9.17, 15) is 4.79 Å². The summed E-state index contributed by atoms with van der Waals surface area (Å²) in [6.45, 7) is 12.9. The third-order valence-electron chi connectivity index (χ3n) is 7.88. The van der Waals surface area contributed by atoms with Gasteiger partial charge in [0.2, 0.25) is 5.91 Å². The number of piperazine rings is 1. The molecule has 0 saturated carbocycles. The van der Waals surface area contributed by atoms with E-state index in [4.69, 9.17) is 14.5 Å². The van der Waals surface area contributed by atoms with Gasteiger partial charge in [0, 0.05) is 70.3 Å². The Morgan fingerprint density at radius 3 is 2.34 bits per heavy atom. The first-order valence-corrected chi connectivity index (χ1v) is 15.6. The smallest absolute Gasteiger partial charge is 0.238 e. The van der Waals surface area contributed by atoms with Crippen LogP contribution in [0.4, 0.5) is 17.2 Å². The molecule has 1 amide bonds. The lowest BCUT2D eigenvalue weighted by atomic mass is 10.2. The normalized spacial score (nSPS) is 19.1. The van der Waals surface area contributed by atoms with Crippen LogP contribution in [-0.4, -0.2) is 128 Å². The van der Waals surface area contributed by atoms with Crippen LogP contribution in [0, 0.1) is 6.92 Å². The van der Waals surface area contributed by atoms with Crippen molar-refractivity contribution in [2.24, 2.45) is 0 Å². The summed E-state index contributed by atoms with van der Waals surface area (Å²) in [4.78, 5) is 35.6. The van der Waals surface area contributed by atoms with Crippen LogP contribution in [0.2, 0.25) is 0 Å². The summed E-state index contributed by atoms with van der Waals surface area (Å²) in [6, 6.07) is 10.2. The number of fused-ring (bicyclic) bond motifs is 1. The molecule has 0 aliphatic carbocycles. The van der Waals surface area contributed by atoms with E-state index < -0.39 is 0 Å². The molecule has 41 heavy (non-hydrogen) atoms. The van der Waals surface area contributed by atoms with Gasteiger partial charge < -0.3 is 29.6 Å². The number of nitrogens with zero attached hydrogens (tertiary/aromatic N) is 6. The number of H-pyrrole nitrogens is 1. The van der Waals surface area contributed by atoms with Gasteiger partial charge in [-0.15, -0.1) is 0 Å². The summed E-state index contributed by atoms with van der Waals surface area (Å²) in [6.07, 6.45) is 0. The van der Waals surface area contributed by atoms with Gasteiger partial charge in [-0.05, 0) is 25.1 Å². The maximum Gasteiger partial charge on any atom is 0.238 e. The fourth-order valence-electron chi connectivity index (χ4n) is 5.64. The number of morpholine rings is 2. The number of rotatable bonds is 9. The fourth-order valence-corrected chi connectivity index (χ4v) is 6.53. The van der Waals surface area contributed by atoms with Gasteiger partial charge in [-0.3, -0.25) is 14.6 Å². The van der Waals surface area contributed by atoms with Crippen LogP contribution < -0.4 is 15.1 Å². The van der Waals surface area contributed by atoms with Crippen molar-refractivity contribution in [1.29, 1.82) is 0 Å². The van der Waals surface area contributed by atoms with Crippen LogP contribution in [0.1, 0.15) is 5.69 Å². The maximum atomic E-state index is 13.4. The molecule has 3 aliphatic rings. The number of benzene rings is 1. The first-order chi connectivity index (χ1) is 20.1. The predicted octanol–water partition coefficient (Wildman–Crippen LogP) is 2.29. The quantitative estimate of drug-likeness (QED) is 0.367. The molecule has 0 radical (unpaired) electrons. The number of nitrogens with one attached hydrogen (secondary N) is 2. The third-order valence-corrected chi connectivity index (χ3v) is 8.73. The number of hydrogen-bond donors (Lipinski definition) is 2. The Morgan fingerprint density at radius 2 is 1.61 bits per heavy atom. The highest BCUT2D eigenvalue weighted by molar-refractivity contribution is 7.99. The van der Waals surface area contributed by atoms with Crippen LogP contribution >= 0.6 is 11.8 Å². The maximum absolute atomic E-state index is 13.4. The molecule has 3 saturated heterocycles. The van der Waals surface area contributed by atoms with E-state index in [0.29, 0.717) is 33.0 Å². The Kier molecular flexibility index (Phi) is 9.22. The first kappa shape index (κ1) is 28.2. The Bertz CT molecular complexity index is 1240. The minimum atomic E-state index is 0.00793. The zero-order valence-corrected chi connectivity index (χ0v) is 24.6. The number of imidazole rings is 1. The molecular weight excluding hydrogens is 540 g/mol. The number of thioether (sulfide) groups is 1. The number of para-hydroxylation sites is 2. The first-order valence-electron chi connectivity index (χ1n) is 14.6. The van der Waals surface area contributed by atoms with E-state index in [1.807, 2.05) is 25.1 Å². The topological polar surface area (TPSA) is 102 Å². The molecule has 0 spiro atoms. The number of aromatic amines is 1. The number of aryl methyl sites for hydroxylation is 1. The number of carbonyl (C=O) groups excluding carboxylic acids is 1. The van der Waals surface area contributed by atoms with Crippen LogP contribution in [-0.2, 0) is 14.3 Å². The number of carbonyl (C=O) groups is 1. The summed E-state index contributed by atoms with van der Waals surface area (Å²) in [5.74, 6) is 1.83. The number of ether oxygens (including phenoxy) is 2. The van der Waals surface area contributed by atoms with E-state index in [-0.39, 0.29) is 5.91 Å². The Labute approximate surface area is 245 Å². The molecule has 2 aromatic heterocycles. The molecular formula is C29H40N8O3S. The molecule has 0 bridgehead atoms. The van der Waals surface area contributed by atoms with Gasteiger partial charge in [0.15, 0.2) is 11.0 Å². The molecule has 0 atom stereocenters. The Balaban J connectivity index is 1.04. The Hall–Kier alpha value is -2.90. The van der Waals surface area contributed by atoms with Crippen LogP contribution in [0.15, 0.2) is 35.5 Å². The molecule has 3 aromatic rings. The summed E-state index contributed by atoms with van der Waals surface area (Å²) in [5, 5.41) is 4.26. The lowest BCUT2D eigenvalue weighted by Crippen LogP contribution is -2.49. The molecule has 3 aliphatic heterocycles. The van der Waals surface area contributed by atoms with Gasteiger partial charge in [-0.25, -0.2) is 9.97 Å². The van der Waals surface area contributed by atoms with E-state index in [1.54, 1.807) is 11.8 Å². The SMILES string of the molecule is Cc1cc(N2CCOCC2)c(NC(=O)CN2CCN(CCSc3nc4ccccc4[nH]3)CC2)c(N2CCOCC2)n1. The molecule has 5 heterocycles. The predicted molar refractivity (Wildman–Crippen MR) is 163 cm³/mol. The molecule has 1 aromatic carbocycles. The lowest BCUT2D eigenvalue weighted by Gasteiger charge is -2.36. The van der Waals surface area contributed by atoms with Crippen molar-refractivity contribution in [3.63, 3.8) is 0 Å². The zero-order valence-electron chi connectivity index (χ0n) is 23.8. The van der Waals surface area contributed by atoms with Crippen molar-refractivity contribution in [3.8, 4) is 0 Å². The summed E-state index contributed by atoms with van der Waals surface area (Å²) in [5.41, 5.74) is 4.88. The van der Waals surface area contributed by atoms with E-state index >= 15 is 0 Å². The van der Waals surface area contributed by atoms with Gasteiger partial charge >= 0.3 is 0 Å². The van der Waals surface area contributed by atoms with Crippen LogP contribution in [0.25, 0.3) is 11.0 Å². The molecule has 11 nitrogen and oxygen atoms in total. The average Bonchev–Trinajstić information content (AvgIpc) is 3.42. The lowest BCUT2D eigenvalue weighted by molar-refractivity contribution is -0.117. The standard InChI is InChI=1S/C29H40N8O3S/c1-22-20-25(36-10-15-39-16-11-36)27(28(30-22)37-12-17-40-18-13-37)33-26(38)21-35-8-6-34(7-9-35)14-19-41-29-31-23-4-2-3-5-24(23)32-29/h2-5,20H,6-19,21H2,1H3,(H,31,32)(H,33,38). The van der Waals surface area contributed by atoms with Gasteiger partial charge in [-0.2, -0.15) is 0 Å². The highest BCUT2D eigenvalue weighted by atomic mass is 32.2. The van der Waals surface area contributed by atoms with Gasteiger partial charge in [0.1, 0.15) is 5.69 Å². The summed E-state index contributed by atoms with van der Waals surface area (Å²) >= 11 is 1.76. The molecule has 220 valence electrons. The summed E-state index contributed by atoms with van der Waals surface area (Å²) in [7, 11) is 0. The fraction of sp³-hybridized carbons (Fsp3) is 0.552. The van der Waals surface area contributed by atoms with Crippen molar-refractivity contribution in [3.05, 3.63) is 36.0 Å². The van der Waals surface area contributed by atoms with Crippen molar-refractivity contribution in [2.75, 3.05) is 113 Å². The van der Waals surface area contributed by atoms with Gasteiger partial charge in [0.05, 0.1) is 49.7 Å². The number of hydrogen-bond acceptors (Lipinski definition) is 10. The number of amides is 1. The second kappa shape index (κ2) is 13.4. The highest BCUT2D eigenvalue weighted by Crippen LogP contribution is 2.36. The molecule has 6 rings (SSSR count). The van der Waals surface area contributed by atoms with Crippen molar-refractivity contribution in [2.45, 2.75) is 12.1 Å². The second-order valence-electron chi connectivity index (χ2n) is 10.8. The van der Waals surface area contributed by atoms with Crippen LogP contribution in [0.3, 0.4) is 0 Å². The highest BCUT2D eigenvalue weighted by Gasteiger charge is 2.26. The second-order valence-corrected chi connectivity index (χ2v) is 11.8. The van der Waals surface area contributed by atoms with Gasteiger partial charge in [0.25, 0.3) is 0 Å².